The maximum Gasteiger partial charge on any atom is 0.262 e. The third-order valence-corrected chi connectivity index (χ3v) is 4.95. The van der Waals surface area contributed by atoms with Gasteiger partial charge in [0.2, 0.25) is 5.92 Å². The number of aromatic nitrogens is 5. The Morgan fingerprint density at radius 2 is 2.07 bits per heavy atom. The second kappa shape index (κ2) is 7.10. The fraction of sp³-hybridized carbons (Fsp3) is 0.389. The van der Waals surface area contributed by atoms with Crippen LogP contribution in [-0.4, -0.2) is 49.7 Å². The van der Waals surface area contributed by atoms with E-state index in [-0.39, 0.29) is 0 Å². The standard InChI is InChI=1S/C18H19F2N7O/c1-18(19,20)12-4-8-26(9-5-12)15-6-10-27-16(24-15)13(11-22-27)17(28)23-14-3-2-7-21-25-14/h2-3,6-7,10-12H,4-5,8-9H2,1H3,(H,23,25,28). The zero-order valence-electron chi connectivity index (χ0n) is 15.2. The average Bonchev–Trinajstić information content (AvgIpc) is 3.11. The number of fused-ring (bicyclic) bond motifs is 1. The first kappa shape index (κ1) is 18.2. The molecule has 1 N–H and O–H groups in total. The second-order valence-corrected chi connectivity index (χ2v) is 6.89. The van der Waals surface area contributed by atoms with E-state index in [4.69, 9.17) is 0 Å². The fourth-order valence-corrected chi connectivity index (χ4v) is 3.36. The van der Waals surface area contributed by atoms with Gasteiger partial charge in [0, 0.05) is 31.4 Å². The maximum atomic E-state index is 13.5. The Kier molecular flexibility index (Phi) is 4.62. The number of anilines is 2. The summed E-state index contributed by atoms with van der Waals surface area (Å²) in [5, 5.41) is 14.4. The number of alkyl halides is 2. The van der Waals surface area contributed by atoms with E-state index in [1.165, 1.54) is 16.9 Å². The summed E-state index contributed by atoms with van der Waals surface area (Å²) in [5.41, 5.74) is 0.685. The van der Waals surface area contributed by atoms with Crippen molar-refractivity contribution in [1.29, 1.82) is 0 Å². The molecular weight excluding hydrogens is 368 g/mol. The van der Waals surface area contributed by atoms with Crippen molar-refractivity contribution in [1.82, 2.24) is 24.8 Å². The van der Waals surface area contributed by atoms with Crippen molar-refractivity contribution in [2.75, 3.05) is 23.3 Å². The number of nitrogens with one attached hydrogen (secondary N) is 1. The van der Waals surface area contributed by atoms with Crippen molar-refractivity contribution >= 4 is 23.2 Å². The molecule has 4 heterocycles. The van der Waals surface area contributed by atoms with Gasteiger partial charge in [0.15, 0.2) is 11.5 Å². The van der Waals surface area contributed by atoms with E-state index in [0.29, 0.717) is 48.8 Å². The number of carbonyl (C=O) groups excluding carboxylic acids is 1. The highest BCUT2D eigenvalue weighted by Gasteiger charge is 2.36. The average molecular weight is 387 g/mol. The molecule has 0 unspecified atom stereocenters. The minimum Gasteiger partial charge on any atom is -0.356 e. The molecule has 0 bridgehead atoms. The summed E-state index contributed by atoms with van der Waals surface area (Å²) in [6, 6.07) is 5.07. The predicted molar refractivity (Wildman–Crippen MR) is 98.5 cm³/mol. The smallest absolute Gasteiger partial charge is 0.262 e. The lowest BCUT2D eigenvalue weighted by Gasteiger charge is -2.35. The van der Waals surface area contributed by atoms with Gasteiger partial charge in [-0.15, -0.1) is 5.10 Å². The molecular formula is C18H19F2N7O. The molecule has 3 aromatic rings. The topological polar surface area (TPSA) is 88.3 Å². The number of carbonyl (C=O) groups is 1. The Hall–Kier alpha value is -3.17. The molecule has 3 aromatic heterocycles. The molecule has 28 heavy (non-hydrogen) atoms. The summed E-state index contributed by atoms with van der Waals surface area (Å²) in [4.78, 5) is 19.1. The molecule has 1 saturated heterocycles. The summed E-state index contributed by atoms with van der Waals surface area (Å²) in [5.74, 6) is -2.72. The van der Waals surface area contributed by atoms with Crippen LogP contribution >= 0.6 is 0 Å². The van der Waals surface area contributed by atoms with Gasteiger partial charge in [0.05, 0.1) is 6.20 Å². The minimum atomic E-state index is -2.67. The van der Waals surface area contributed by atoms with E-state index in [9.17, 15) is 13.6 Å². The van der Waals surface area contributed by atoms with Gasteiger partial charge in [-0.3, -0.25) is 4.79 Å². The SMILES string of the molecule is CC(F)(F)C1CCN(c2ccn3ncc(C(=O)Nc4cccnn4)c3n2)CC1. The van der Waals surface area contributed by atoms with Crippen molar-refractivity contribution < 1.29 is 13.6 Å². The first-order chi connectivity index (χ1) is 13.4. The van der Waals surface area contributed by atoms with E-state index in [1.807, 2.05) is 4.90 Å². The van der Waals surface area contributed by atoms with Gasteiger partial charge in [-0.1, -0.05) is 0 Å². The van der Waals surface area contributed by atoms with Crippen LogP contribution in [0.2, 0.25) is 0 Å². The van der Waals surface area contributed by atoms with Gasteiger partial charge in [0.25, 0.3) is 5.91 Å². The van der Waals surface area contributed by atoms with Gasteiger partial charge >= 0.3 is 0 Å². The molecule has 0 atom stereocenters. The molecule has 1 fully saturated rings. The zero-order valence-corrected chi connectivity index (χ0v) is 15.2. The zero-order chi connectivity index (χ0) is 19.7. The second-order valence-electron chi connectivity index (χ2n) is 6.89. The molecule has 8 nitrogen and oxygen atoms in total. The van der Waals surface area contributed by atoms with Crippen LogP contribution in [0.25, 0.3) is 5.65 Å². The van der Waals surface area contributed by atoms with E-state index in [0.717, 1.165) is 6.92 Å². The van der Waals surface area contributed by atoms with Crippen molar-refractivity contribution in [3.05, 3.63) is 42.4 Å². The number of nitrogens with zero attached hydrogens (tertiary/aromatic N) is 6. The first-order valence-corrected chi connectivity index (χ1v) is 8.98. The van der Waals surface area contributed by atoms with Crippen molar-refractivity contribution in [2.24, 2.45) is 5.92 Å². The van der Waals surface area contributed by atoms with Crippen LogP contribution in [0.3, 0.4) is 0 Å². The predicted octanol–water partition coefficient (Wildman–Crippen LogP) is 2.64. The van der Waals surface area contributed by atoms with Crippen LogP contribution in [0.1, 0.15) is 30.1 Å². The molecule has 0 radical (unpaired) electrons. The van der Waals surface area contributed by atoms with E-state index >= 15 is 0 Å². The van der Waals surface area contributed by atoms with Crippen molar-refractivity contribution in [2.45, 2.75) is 25.7 Å². The van der Waals surface area contributed by atoms with Crippen LogP contribution in [0.5, 0.6) is 0 Å². The van der Waals surface area contributed by atoms with Crippen molar-refractivity contribution in [3.63, 3.8) is 0 Å². The normalized spacial score (nSPS) is 15.8. The lowest BCUT2D eigenvalue weighted by molar-refractivity contribution is -0.0482. The molecule has 1 aliphatic rings. The number of hydrogen-bond donors (Lipinski definition) is 1. The van der Waals surface area contributed by atoms with Crippen LogP contribution in [0.4, 0.5) is 20.4 Å². The number of rotatable bonds is 4. The molecule has 0 spiro atoms. The Labute approximate surface area is 159 Å². The summed E-state index contributed by atoms with van der Waals surface area (Å²) < 4.78 is 28.6. The lowest BCUT2D eigenvalue weighted by atomic mass is 9.91. The summed E-state index contributed by atoms with van der Waals surface area (Å²) in [7, 11) is 0. The highest BCUT2D eigenvalue weighted by Crippen LogP contribution is 2.33. The number of amides is 1. The quantitative estimate of drug-likeness (QED) is 0.740. The van der Waals surface area contributed by atoms with Crippen molar-refractivity contribution in [3.8, 4) is 0 Å². The van der Waals surface area contributed by atoms with Gasteiger partial charge in [0.1, 0.15) is 11.4 Å². The molecule has 146 valence electrons. The summed E-state index contributed by atoms with van der Waals surface area (Å²) in [6.07, 6.45) is 5.45. The highest BCUT2D eigenvalue weighted by atomic mass is 19.3. The van der Waals surface area contributed by atoms with Crippen LogP contribution in [-0.2, 0) is 0 Å². The Balaban J connectivity index is 1.54. The first-order valence-electron chi connectivity index (χ1n) is 8.98. The Morgan fingerprint density at radius 3 is 2.75 bits per heavy atom. The third kappa shape index (κ3) is 3.62. The van der Waals surface area contributed by atoms with E-state index in [1.54, 1.807) is 24.4 Å². The number of hydrogen-bond acceptors (Lipinski definition) is 6. The summed E-state index contributed by atoms with van der Waals surface area (Å²) in [6.45, 7) is 1.96. The molecule has 0 aromatic carbocycles. The summed E-state index contributed by atoms with van der Waals surface area (Å²) >= 11 is 0. The maximum absolute atomic E-state index is 13.5. The van der Waals surface area contributed by atoms with E-state index < -0.39 is 17.7 Å². The lowest BCUT2D eigenvalue weighted by Crippen LogP contribution is -2.39. The Bertz CT molecular complexity index is 979. The van der Waals surface area contributed by atoms with Crippen LogP contribution in [0, 0.1) is 5.92 Å². The molecule has 0 saturated carbocycles. The van der Waals surface area contributed by atoms with Gasteiger partial charge in [-0.05, 0) is 38.0 Å². The molecule has 4 rings (SSSR count). The van der Waals surface area contributed by atoms with Gasteiger partial charge in [-0.2, -0.15) is 10.2 Å². The molecule has 0 aliphatic carbocycles. The monoisotopic (exact) mass is 387 g/mol. The van der Waals surface area contributed by atoms with Crippen LogP contribution in [0.15, 0.2) is 36.8 Å². The molecule has 10 heteroatoms. The van der Waals surface area contributed by atoms with Gasteiger partial charge in [-0.25, -0.2) is 18.3 Å². The number of halogens is 2. The third-order valence-electron chi connectivity index (χ3n) is 4.95. The Morgan fingerprint density at radius 1 is 1.29 bits per heavy atom. The van der Waals surface area contributed by atoms with E-state index in [2.05, 4.69) is 25.6 Å². The van der Waals surface area contributed by atoms with Gasteiger partial charge < -0.3 is 10.2 Å². The minimum absolute atomic E-state index is 0.294. The highest BCUT2D eigenvalue weighted by molar-refractivity contribution is 6.07. The van der Waals surface area contributed by atoms with Crippen LogP contribution < -0.4 is 10.2 Å². The largest absolute Gasteiger partial charge is 0.356 e. The number of piperidine rings is 1. The molecule has 1 amide bonds. The fourth-order valence-electron chi connectivity index (χ4n) is 3.36. The molecule has 1 aliphatic heterocycles.